The van der Waals surface area contributed by atoms with Crippen LogP contribution in [0.3, 0.4) is 0 Å². The Hall–Kier alpha value is -2.24. The predicted octanol–water partition coefficient (Wildman–Crippen LogP) is 1.88. The van der Waals surface area contributed by atoms with Crippen LogP contribution in [-0.4, -0.2) is 21.7 Å². The van der Waals surface area contributed by atoms with Gasteiger partial charge in [0.25, 0.3) is 0 Å². The highest BCUT2D eigenvalue weighted by molar-refractivity contribution is 5.92. The number of aromatic nitrogens is 2. The summed E-state index contributed by atoms with van der Waals surface area (Å²) in [7, 11) is 0. The molecule has 1 unspecified atom stereocenters. The Morgan fingerprint density at radius 3 is 2.95 bits per heavy atom. The Balaban J connectivity index is 2.11. The number of benzene rings is 1. The number of nitrogens with two attached hydrogens (primary N) is 1. The normalized spacial score (nSPS) is 12.7. The van der Waals surface area contributed by atoms with Crippen molar-refractivity contribution in [2.75, 3.05) is 6.61 Å². The van der Waals surface area contributed by atoms with Gasteiger partial charge < -0.3 is 15.3 Å². The van der Waals surface area contributed by atoms with E-state index in [-0.39, 0.29) is 6.61 Å². The van der Waals surface area contributed by atoms with Gasteiger partial charge in [0.05, 0.1) is 18.3 Å². The number of rotatable bonds is 3. The summed E-state index contributed by atoms with van der Waals surface area (Å²) in [5, 5.41) is 10.0. The standard InChI is InChI=1S/C14H13N3O2/c15-11(7-18)14-16-6-5-12(17-14)10-8-19-13-4-2-1-3-9(10)13/h1-6,8,11,18H,7,15H2. The number of para-hydroxylation sites is 1. The second-order valence-corrected chi connectivity index (χ2v) is 4.23. The minimum absolute atomic E-state index is 0.185. The Bertz CT molecular complexity index is 708. The van der Waals surface area contributed by atoms with E-state index in [0.717, 1.165) is 22.2 Å². The molecule has 0 aliphatic carbocycles. The lowest BCUT2D eigenvalue weighted by atomic mass is 10.1. The largest absolute Gasteiger partial charge is 0.464 e. The van der Waals surface area contributed by atoms with Gasteiger partial charge in [-0.3, -0.25) is 0 Å². The third-order valence-electron chi connectivity index (χ3n) is 2.96. The van der Waals surface area contributed by atoms with Crippen LogP contribution in [0.1, 0.15) is 11.9 Å². The summed E-state index contributed by atoms with van der Waals surface area (Å²) in [5.41, 5.74) is 8.17. The van der Waals surface area contributed by atoms with Crippen LogP contribution >= 0.6 is 0 Å². The number of hydrogen-bond donors (Lipinski definition) is 2. The van der Waals surface area contributed by atoms with Crippen LogP contribution in [0.4, 0.5) is 0 Å². The van der Waals surface area contributed by atoms with E-state index in [4.69, 9.17) is 15.3 Å². The number of aliphatic hydroxyl groups is 1. The summed E-state index contributed by atoms with van der Waals surface area (Å²) in [5.74, 6) is 0.422. The van der Waals surface area contributed by atoms with Gasteiger partial charge in [0, 0.05) is 17.1 Å². The van der Waals surface area contributed by atoms with Crippen LogP contribution in [0.2, 0.25) is 0 Å². The van der Waals surface area contributed by atoms with Gasteiger partial charge in [-0.15, -0.1) is 0 Å². The average molecular weight is 255 g/mol. The number of hydrogen-bond acceptors (Lipinski definition) is 5. The van der Waals surface area contributed by atoms with E-state index < -0.39 is 6.04 Å². The first kappa shape index (κ1) is 11.8. The fraction of sp³-hybridized carbons (Fsp3) is 0.143. The van der Waals surface area contributed by atoms with Crippen molar-refractivity contribution < 1.29 is 9.52 Å². The molecule has 5 heteroatoms. The minimum atomic E-state index is -0.571. The van der Waals surface area contributed by atoms with Crippen LogP contribution in [0.25, 0.3) is 22.2 Å². The van der Waals surface area contributed by atoms with Gasteiger partial charge in [-0.05, 0) is 12.1 Å². The summed E-state index contributed by atoms with van der Waals surface area (Å²) in [6.07, 6.45) is 3.30. The Kier molecular flexibility index (Phi) is 2.98. The zero-order chi connectivity index (χ0) is 13.2. The molecule has 0 radical (unpaired) electrons. The maximum Gasteiger partial charge on any atom is 0.147 e. The molecule has 1 aromatic carbocycles. The molecule has 0 aliphatic heterocycles. The highest BCUT2D eigenvalue weighted by Gasteiger charge is 2.12. The lowest BCUT2D eigenvalue weighted by molar-refractivity contribution is 0.263. The van der Waals surface area contributed by atoms with E-state index in [0.29, 0.717) is 5.82 Å². The summed E-state index contributed by atoms with van der Waals surface area (Å²) in [6, 6.07) is 8.97. The molecule has 3 rings (SSSR count). The Morgan fingerprint density at radius 1 is 1.26 bits per heavy atom. The van der Waals surface area contributed by atoms with Crippen molar-refractivity contribution in [3.8, 4) is 11.3 Å². The Labute approximate surface area is 109 Å². The second kappa shape index (κ2) is 4.79. The molecule has 0 fully saturated rings. The van der Waals surface area contributed by atoms with Gasteiger partial charge >= 0.3 is 0 Å². The quantitative estimate of drug-likeness (QED) is 0.746. The van der Waals surface area contributed by atoms with E-state index in [1.54, 1.807) is 18.5 Å². The van der Waals surface area contributed by atoms with E-state index >= 15 is 0 Å². The molecule has 0 spiro atoms. The van der Waals surface area contributed by atoms with Crippen molar-refractivity contribution in [3.05, 3.63) is 48.6 Å². The molecule has 0 amide bonds. The monoisotopic (exact) mass is 255 g/mol. The van der Waals surface area contributed by atoms with Crippen LogP contribution in [0, 0.1) is 0 Å². The minimum Gasteiger partial charge on any atom is -0.464 e. The van der Waals surface area contributed by atoms with Crippen molar-refractivity contribution in [1.82, 2.24) is 9.97 Å². The second-order valence-electron chi connectivity index (χ2n) is 4.23. The molecule has 2 heterocycles. The molecule has 3 N–H and O–H groups in total. The number of fused-ring (bicyclic) bond motifs is 1. The van der Waals surface area contributed by atoms with Crippen LogP contribution < -0.4 is 5.73 Å². The first-order valence-electron chi connectivity index (χ1n) is 5.95. The maximum absolute atomic E-state index is 9.06. The molecule has 19 heavy (non-hydrogen) atoms. The van der Waals surface area contributed by atoms with E-state index in [1.165, 1.54) is 0 Å². The third-order valence-corrected chi connectivity index (χ3v) is 2.96. The molecule has 0 saturated heterocycles. The third kappa shape index (κ3) is 2.09. The molecule has 2 aromatic heterocycles. The summed E-state index contributed by atoms with van der Waals surface area (Å²) in [6.45, 7) is -0.185. The number of aliphatic hydroxyl groups excluding tert-OH is 1. The average Bonchev–Trinajstić information content (AvgIpc) is 2.90. The summed E-state index contributed by atoms with van der Waals surface area (Å²) >= 11 is 0. The lowest BCUT2D eigenvalue weighted by Crippen LogP contribution is -2.17. The molecule has 0 saturated carbocycles. The molecular weight excluding hydrogens is 242 g/mol. The molecule has 3 aromatic rings. The van der Waals surface area contributed by atoms with Gasteiger partial charge in [0.1, 0.15) is 17.7 Å². The van der Waals surface area contributed by atoms with Crippen LogP contribution in [0.5, 0.6) is 0 Å². The first-order chi connectivity index (χ1) is 9.29. The summed E-state index contributed by atoms with van der Waals surface area (Å²) < 4.78 is 5.49. The molecule has 0 bridgehead atoms. The smallest absolute Gasteiger partial charge is 0.147 e. The fourth-order valence-electron chi connectivity index (χ4n) is 1.96. The molecule has 0 aliphatic rings. The van der Waals surface area contributed by atoms with Crippen LogP contribution in [-0.2, 0) is 0 Å². The van der Waals surface area contributed by atoms with E-state index in [1.807, 2.05) is 24.3 Å². The Morgan fingerprint density at radius 2 is 2.11 bits per heavy atom. The summed E-state index contributed by atoms with van der Waals surface area (Å²) in [4.78, 5) is 8.45. The highest BCUT2D eigenvalue weighted by atomic mass is 16.3. The van der Waals surface area contributed by atoms with Gasteiger partial charge in [0.15, 0.2) is 0 Å². The number of nitrogens with zero attached hydrogens (tertiary/aromatic N) is 2. The first-order valence-corrected chi connectivity index (χ1v) is 5.95. The van der Waals surface area contributed by atoms with E-state index in [2.05, 4.69) is 9.97 Å². The molecule has 96 valence electrons. The van der Waals surface area contributed by atoms with Crippen molar-refractivity contribution in [2.24, 2.45) is 5.73 Å². The van der Waals surface area contributed by atoms with Gasteiger partial charge in [0.2, 0.25) is 0 Å². The fourth-order valence-corrected chi connectivity index (χ4v) is 1.96. The van der Waals surface area contributed by atoms with Crippen molar-refractivity contribution >= 4 is 11.0 Å². The zero-order valence-corrected chi connectivity index (χ0v) is 10.2. The highest BCUT2D eigenvalue weighted by Crippen LogP contribution is 2.29. The number of furan rings is 1. The van der Waals surface area contributed by atoms with Gasteiger partial charge in [-0.1, -0.05) is 18.2 Å². The SMILES string of the molecule is NC(CO)c1nccc(-c2coc3ccccc23)n1. The van der Waals surface area contributed by atoms with Gasteiger partial charge in [-0.2, -0.15) is 0 Å². The van der Waals surface area contributed by atoms with Gasteiger partial charge in [-0.25, -0.2) is 9.97 Å². The topological polar surface area (TPSA) is 85.2 Å². The zero-order valence-electron chi connectivity index (χ0n) is 10.2. The molecule has 5 nitrogen and oxygen atoms in total. The van der Waals surface area contributed by atoms with E-state index in [9.17, 15) is 0 Å². The van der Waals surface area contributed by atoms with Crippen molar-refractivity contribution in [3.63, 3.8) is 0 Å². The van der Waals surface area contributed by atoms with Crippen molar-refractivity contribution in [2.45, 2.75) is 6.04 Å². The molecule has 1 atom stereocenters. The maximum atomic E-state index is 9.06. The van der Waals surface area contributed by atoms with Crippen molar-refractivity contribution in [1.29, 1.82) is 0 Å². The predicted molar refractivity (Wildman–Crippen MR) is 71.3 cm³/mol. The molecular formula is C14H13N3O2. The lowest BCUT2D eigenvalue weighted by Gasteiger charge is -2.07. The van der Waals surface area contributed by atoms with Crippen LogP contribution in [0.15, 0.2) is 47.2 Å².